The van der Waals surface area contributed by atoms with Crippen molar-refractivity contribution in [3.63, 3.8) is 0 Å². The van der Waals surface area contributed by atoms with Gasteiger partial charge in [0.25, 0.3) is 11.8 Å². The fourth-order valence-corrected chi connectivity index (χ4v) is 4.72. The number of β-lactam (4-membered cyclic amide) rings is 1. The van der Waals surface area contributed by atoms with Crippen LogP contribution in [0.4, 0.5) is 5.13 Å². The van der Waals surface area contributed by atoms with Crippen molar-refractivity contribution in [2.75, 3.05) is 18.5 Å². The number of fused-ring (bicyclic) bond motifs is 1. The third-order valence-electron chi connectivity index (χ3n) is 4.02. The summed E-state index contributed by atoms with van der Waals surface area (Å²) in [5.41, 5.74) is 8.15. The molecular formula is C15H17N5O2S2. The van der Waals surface area contributed by atoms with Gasteiger partial charge in [-0.3, -0.25) is 19.5 Å². The van der Waals surface area contributed by atoms with E-state index in [0.717, 1.165) is 17.0 Å². The number of nitrogens with zero attached hydrogens (tertiary/aromatic N) is 3. The zero-order valence-electron chi connectivity index (χ0n) is 13.3. The summed E-state index contributed by atoms with van der Waals surface area (Å²) in [4.78, 5) is 34.7. The fourth-order valence-electron chi connectivity index (χ4n) is 2.70. The number of hydrogen-bond donors (Lipinski definition) is 2. The first-order valence-electron chi connectivity index (χ1n) is 7.23. The van der Waals surface area contributed by atoms with Crippen LogP contribution in [0.25, 0.3) is 0 Å². The van der Waals surface area contributed by atoms with Crippen LogP contribution in [-0.4, -0.2) is 51.6 Å². The van der Waals surface area contributed by atoms with E-state index in [9.17, 15) is 9.59 Å². The fraction of sp³-hybridized carbons (Fsp3) is 0.333. The summed E-state index contributed by atoms with van der Waals surface area (Å²) in [7, 11) is 1.51. The van der Waals surface area contributed by atoms with Gasteiger partial charge in [0.2, 0.25) is 0 Å². The average Bonchev–Trinajstić information content (AvgIpc) is 2.98. The number of rotatable bonds is 4. The van der Waals surface area contributed by atoms with Gasteiger partial charge in [0.1, 0.15) is 22.8 Å². The number of nitrogens with two attached hydrogens (primary N) is 1. The first kappa shape index (κ1) is 16.7. The Balaban J connectivity index is 1.74. The predicted octanol–water partition coefficient (Wildman–Crippen LogP) is 1.00. The molecule has 2 aliphatic rings. The smallest absolute Gasteiger partial charge is 0.272 e. The number of amides is 2. The number of thiazole rings is 1. The standard InChI is InChI=1S/C15H17N5O2S2/c1-4-8-5-23-14-11(13(22)20(14)7(8)2)19-12(21)10(17-3)9-6-24-15(16)18-9/h4,6,11,14H,1,5H2,2-3H3,(H2,16,18)(H,19,21)/t11-,14-/m1/s1. The summed E-state index contributed by atoms with van der Waals surface area (Å²) >= 11 is 2.85. The van der Waals surface area contributed by atoms with E-state index < -0.39 is 11.9 Å². The highest BCUT2D eigenvalue weighted by atomic mass is 32.2. The molecule has 0 aliphatic carbocycles. The molecule has 1 saturated heterocycles. The van der Waals surface area contributed by atoms with Crippen molar-refractivity contribution in [2.45, 2.75) is 18.3 Å². The molecule has 3 rings (SSSR count). The molecular weight excluding hydrogens is 346 g/mol. The number of nitrogens with one attached hydrogen (secondary N) is 1. The van der Waals surface area contributed by atoms with Gasteiger partial charge in [-0.05, 0) is 12.5 Å². The van der Waals surface area contributed by atoms with Crippen molar-refractivity contribution >= 4 is 45.8 Å². The molecule has 3 heterocycles. The maximum Gasteiger partial charge on any atom is 0.272 e. The number of carbonyl (C=O) groups excluding carboxylic acids is 2. The van der Waals surface area contributed by atoms with E-state index >= 15 is 0 Å². The second-order valence-corrected chi connectivity index (χ2v) is 7.31. The second kappa shape index (κ2) is 6.40. The van der Waals surface area contributed by atoms with Crippen molar-refractivity contribution in [3.05, 3.63) is 35.0 Å². The number of anilines is 1. The van der Waals surface area contributed by atoms with Crippen LogP contribution in [0.15, 0.2) is 34.3 Å². The summed E-state index contributed by atoms with van der Waals surface area (Å²) < 4.78 is 0. The molecule has 0 radical (unpaired) electrons. The third-order valence-corrected chi connectivity index (χ3v) is 5.99. The number of aliphatic imine (C=N–C) groups is 1. The molecule has 1 fully saturated rings. The van der Waals surface area contributed by atoms with Gasteiger partial charge in [-0.2, -0.15) is 0 Å². The maximum atomic E-state index is 12.5. The molecule has 2 atom stereocenters. The maximum absolute atomic E-state index is 12.5. The molecule has 3 N–H and O–H groups in total. The first-order chi connectivity index (χ1) is 11.5. The van der Waals surface area contributed by atoms with Gasteiger partial charge in [0.05, 0.1) is 0 Å². The van der Waals surface area contributed by atoms with Crippen LogP contribution in [0.2, 0.25) is 0 Å². The van der Waals surface area contributed by atoms with Gasteiger partial charge in [0.15, 0.2) is 5.13 Å². The van der Waals surface area contributed by atoms with Crippen LogP contribution in [0.3, 0.4) is 0 Å². The Morgan fingerprint density at radius 1 is 1.62 bits per heavy atom. The minimum atomic E-state index is -0.559. The van der Waals surface area contributed by atoms with E-state index in [4.69, 9.17) is 5.73 Å². The van der Waals surface area contributed by atoms with E-state index in [1.54, 1.807) is 28.1 Å². The molecule has 0 bridgehead atoms. The summed E-state index contributed by atoms with van der Waals surface area (Å²) in [6.45, 7) is 5.67. The zero-order valence-corrected chi connectivity index (χ0v) is 14.9. The van der Waals surface area contributed by atoms with Crippen LogP contribution in [-0.2, 0) is 9.59 Å². The number of nitrogen functional groups attached to an aromatic ring is 1. The van der Waals surface area contributed by atoms with Crippen molar-refractivity contribution in [1.29, 1.82) is 0 Å². The van der Waals surface area contributed by atoms with Crippen molar-refractivity contribution in [3.8, 4) is 0 Å². The molecule has 9 heteroatoms. The lowest BCUT2D eigenvalue weighted by Gasteiger charge is -2.49. The molecule has 0 aromatic carbocycles. The number of allylic oxidation sites excluding steroid dienone is 2. The highest BCUT2D eigenvalue weighted by Crippen LogP contribution is 2.40. The number of carbonyl (C=O) groups is 2. The Hall–Kier alpha value is -2.13. The Bertz CT molecular complexity index is 783. The largest absolute Gasteiger partial charge is 0.375 e. The molecule has 0 spiro atoms. The predicted molar refractivity (Wildman–Crippen MR) is 96.9 cm³/mol. The summed E-state index contributed by atoms with van der Waals surface area (Å²) in [5, 5.41) is 4.71. The number of thioether (sulfide) groups is 1. The normalized spacial score (nSPS) is 23.7. The Morgan fingerprint density at radius 3 is 2.96 bits per heavy atom. The molecule has 126 valence electrons. The van der Waals surface area contributed by atoms with Gasteiger partial charge >= 0.3 is 0 Å². The Kier molecular flexibility index (Phi) is 4.46. The zero-order chi connectivity index (χ0) is 17.4. The highest BCUT2D eigenvalue weighted by molar-refractivity contribution is 8.00. The van der Waals surface area contributed by atoms with Crippen LogP contribution >= 0.6 is 23.1 Å². The summed E-state index contributed by atoms with van der Waals surface area (Å²) in [6.07, 6.45) is 1.77. The Labute approximate surface area is 147 Å². The average molecular weight is 363 g/mol. The molecule has 24 heavy (non-hydrogen) atoms. The minimum Gasteiger partial charge on any atom is -0.375 e. The number of aromatic nitrogens is 1. The van der Waals surface area contributed by atoms with Gasteiger partial charge in [0, 0.05) is 23.9 Å². The van der Waals surface area contributed by atoms with E-state index in [2.05, 4.69) is 21.9 Å². The van der Waals surface area contributed by atoms with E-state index in [0.29, 0.717) is 10.8 Å². The highest BCUT2D eigenvalue weighted by Gasteiger charge is 2.51. The topological polar surface area (TPSA) is 101 Å². The Morgan fingerprint density at radius 2 is 2.38 bits per heavy atom. The van der Waals surface area contributed by atoms with Crippen molar-refractivity contribution in [1.82, 2.24) is 15.2 Å². The quantitative estimate of drug-likeness (QED) is 0.614. The molecule has 7 nitrogen and oxygen atoms in total. The molecule has 1 aromatic rings. The van der Waals surface area contributed by atoms with Crippen LogP contribution < -0.4 is 11.1 Å². The van der Waals surface area contributed by atoms with Crippen LogP contribution in [0, 0.1) is 0 Å². The summed E-state index contributed by atoms with van der Waals surface area (Å²) in [5.74, 6) is 0.233. The van der Waals surface area contributed by atoms with Crippen LogP contribution in [0.1, 0.15) is 12.6 Å². The second-order valence-electron chi connectivity index (χ2n) is 5.32. The third kappa shape index (κ3) is 2.63. The molecule has 0 saturated carbocycles. The van der Waals surface area contributed by atoms with Gasteiger partial charge < -0.3 is 11.1 Å². The van der Waals surface area contributed by atoms with Gasteiger partial charge in [-0.15, -0.1) is 23.1 Å². The molecule has 0 unspecified atom stereocenters. The monoisotopic (exact) mass is 363 g/mol. The lowest BCUT2D eigenvalue weighted by Crippen LogP contribution is -2.70. The van der Waals surface area contributed by atoms with E-state index in [1.807, 2.05) is 6.92 Å². The molecule has 2 aliphatic heterocycles. The first-order valence-corrected chi connectivity index (χ1v) is 9.16. The SMILES string of the molecule is C=CC1=C(C)N2C(=O)[C@@H](NC(=O)C(=NC)c3csc(N)n3)[C@H]2SC1. The van der Waals surface area contributed by atoms with E-state index in [1.165, 1.54) is 18.4 Å². The van der Waals surface area contributed by atoms with Gasteiger partial charge in [-0.25, -0.2) is 4.98 Å². The number of hydrogen-bond acceptors (Lipinski definition) is 7. The molecule has 2 amide bonds. The summed E-state index contributed by atoms with van der Waals surface area (Å²) in [6, 6.07) is -0.559. The lowest BCUT2D eigenvalue weighted by atomic mass is 10.0. The van der Waals surface area contributed by atoms with Crippen molar-refractivity contribution in [2.24, 2.45) is 4.99 Å². The van der Waals surface area contributed by atoms with Crippen molar-refractivity contribution < 1.29 is 9.59 Å². The minimum absolute atomic E-state index is 0.0937. The van der Waals surface area contributed by atoms with E-state index in [-0.39, 0.29) is 17.0 Å². The van der Waals surface area contributed by atoms with Crippen LogP contribution in [0.5, 0.6) is 0 Å². The lowest BCUT2D eigenvalue weighted by molar-refractivity contribution is -0.144. The van der Waals surface area contributed by atoms with Gasteiger partial charge in [-0.1, -0.05) is 12.7 Å². The molecule has 1 aromatic heterocycles.